The lowest BCUT2D eigenvalue weighted by Gasteiger charge is -2.33. The second-order valence-electron chi connectivity index (χ2n) is 8.14. The molecule has 0 aliphatic carbocycles. The van der Waals surface area contributed by atoms with Gasteiger partial charge in [0.1, 0.15) is 0 Å². The maximum atomic E-state index is 13.5. The Morgan fingerprint density at radius 1 is 0.759 bits per heavy atom. The first-order chi connectivity index (χ1) is 14.1. The lowest BCUT2D eigenvalue weighted by molar-refractivity contribution is 0.0893. The molecule has 0 atom stereocenters. The third-order valence-corrected chi connectivity index (χ3v) is 6.19. The van der Waals surface area contributed by atoms with Gasteiger partial charge in [-0.05, 0) is 68.5 Å². The van der Waals surface area contributed by atoms with Gasteiger partial charge in [0.2, 0.25) is 0 Å². The van der Waals surface area contributed by atoms with Crippen LogP contribution in [0.2, 0.25) is 0 Å². The number of piperidine rings is 1. The van der Waals surface area contributed by atoms with Crippen molar-refractivity contribution in [2.24, 2.45) is 0 Å². The molecule has 2 aliphatic heterocycles. The van der Waals surface area contributed by atoms with Crippen LogP contribution in [0.3, 0.4) is 0 Å². The van der Waals surface area contributed by atoms with Crippen LogP contribution in [0.15, 0.2) is 48.5 Å². The average molecular weight is 384 g/mol. The van der Waals surface area contributed by atoms with E-state index < -0.39 is 0 Å². The lowest BCUT2D eigenvalue weighted by Crippen LogP contribution is -2.41. The van der Waals surface area contributed by atoms with Crippen molar-refractivity contribution in [1.29, 1.82) is 0 Å². The maximum Gasteiger partial charge on any atom is 0.265 e. The quantitative estimate of drug-likeness (QED) is 0.567. The highest BCUT2D eigenvalue weighted by Gasteiger charge is 2.35. The van der Waals surface area contributed by atoms with Crippen molar-refractivity contribution in [2.45, 2.75) is 33.1 Å². The third-order valence-electron chi connectivity index (χ3n) is 6.19. The van der Waals surface area contributed by atoms with E-state index in [9.17, 15) is 9.59 Å². The molecule has 2 aliphatic rings. The predicted octanol–water partition coefficient (Wildman–Crippen LogP) is 5.25. The summed E-state index contributed by atoms with van der Waals surface area (Å²) in [6, 6.07) is 15.7. The van der Waals surface area contributed by atoms with Gasteiger partial charge in [-0.3, -0.25) is 9.59 Å². The number of rotatable bonds is 2. The van der Waals surface area contributed by atoms with Gasteiger partial charge in [0.25, 0.3) is 11.8 Å². The molecule has 2 heterocycles. The van der Waals surface area contributed by atoms with Gasteiger partial charge in [0, 0.05) is 40.7 Å². The van der Waals surface area contributed by atoms with Crippen LogP contribution in [-0.2, 0) is 0 Å². The minimum Gasteiger partial charge on any atom is -0.371 e. The molecule has 4 nitrogen and oxygen atoms in total. The zero-order valence-electron chi connectivity index (χ0n) is 16.9. The molecule has 1 saturated heterocycles. The molecule has 5 rings (SSSR count). The van der Waals surface area contributed by atoms with E-state index in [1.807, 2.05) is 56.3 Å². The van der Waals surface area contributed by atoms with Gasteiger partial charge in [-0.25, -0.2) is 4.90 Å². The van der Waals surface area contributed by atoms with Crippen LogP contribution in [-0.4, -0.2) is 24.9 Å². The summed E-state index contributed by atoms with van der Waals surface area (Å²) in [5, 5.41) is 1.80. The van der Waals surface area contributed by atoms with Crippen LogP contribution in [0.25, 0.3) is 10.8 Å². The van der Waals surface area contributed by atoms with Crippen LogP contribution in [0.1, 0.15) is 51.1 Å². The van der Waals surface area contributed by atoms with E-state index in [0.717, 1.165) is 40.7 Å². The van der Waals surface area contributed by atoms with Crippen molar-refractivity contribution in [1.82, 2.24) is 0 Å². The van der Waals surface area contributed by atoms with E-state index in [1.54, 1.807) is 0 Å². The molecule has 3 aromatic carbocycles. The Bertz CT molecular complexity index is 1140. The Balaban J connectivity index is 1.70. The van der Waals surface area contributed by atoms with Gasteiger partial charge >= 0.3 is 0 Å². The van der Waals surface area contributed by atoms with Gasteiger partial charge in [0.15, 0.2) is 0 Å². The number of aryl methyl sites for hydroxylation is 2. The number of carbonyl (C=O) groups is 2. The number of amides is 2. The average Bonchev–Trinajstić information content (AvgIpc) is 2.74. The largest absolute Gasteiger partial charge is 0.371 e. The topological polar surface area (TPSA) is 40.6 Å². The Labute approximate surface area is 170 Å². The fourth-order valence-corrected chi connectivity index (χ4v) is 4.67. The summed E-state index contributed by atoms with van der Waals surface area (Å²) < 4.78 is 0. The maximum absolute atomic E-state index is 13.5. The highest BCUT2D eigenvalue weighted by Crippen LogP contribution is 2.38. The highest BCUT2D eigenvalue weighted by atomic mass is 16.2. The number of carbonyl (C=O) groups excluding carboxylic acids is 2. The van der Waals surface area contributed by atoms with E-state index in [-0.39, 0.29) is 11.8 Å². The SMILES string of the molecule is Cc1ccc(C)c(N2C(=O)c3cccc4c(N5CCCCC5)ccc(c34)C2=O)c1. The molecule has 0 bridgehead atoms. The molecule has 3 aromatic rings. The minimum atomic E-state index is -0.238. The first-order valence-electron chi connectivity index (χ1n) is 10.3. The lowest BCUT2D eigenvalue weighted by atomic mass is 9.91. The van der Waals surface area contributed by atoms with E-state index >= 15 is 0 Å². The van der Waals surface area contributed by atoms with E-state index in [1.165, 1.54) is 24.2 Å². The summed E-state index contributed by atoms with van der Waals surface area (Å²) in [7, 11) is 0. The van der Waals surface area contributed by atoms with Crippen molar-refractivity contribution in [3.8, 4) is 0 Å². The molecule has 29 heavy (non-hydrogen) atoms. The zero-order chi connectivity index (χ0) is 20.1. The first-order valence-corrected chi connectivity index (χ1v) is 10.3. The number of benzene rings is 3. The smallest absolute Gasteiger partial charge is 0.265 e. The molecule has 0 saturated carbocycles. The highest BCUT2D eigenvalue weighted by molar-refractivity contribution is 6.36. The Kier molecular flexibility index (Phi) is 4.16. The summed E-state index contributed by atoms with van der Waals surface area (Å²) in [6.07, 6.45) is 3.63. The summed E-state index contributed by atoms with van der Waals surface area (Å²) in [4.78, 5) is 30.6. The summed E-state index contributed by atoms with van der Waals surface area (Å²) in [6.45, 7) is 5.96. The van der Waals surface area contributed by atoms with Gasteiger partial charge in [-0.2, -0.15) is 0 Å². The van der Waals surface area contributed by atoms with Gasteiger partial charge in [-0.1, -0.05) is 24.3 Å². The standard InChI is InChI=1S/C25H24N2O2/c1-16-9-10-17(2)22(15-16)27-24(28)19-8-6-7-18-21(26-13-4-3-5-14-26)12-11-20(23(18)19)25(27)29/h6-12,15H,3-5,13-14H2,1-2H3. The fourth-order valence-electron chi connectivity index (χ4n) is 4.67. The van der Waals surface area contributed by atoms with Crippen molar-refractivity contribution < 1.29 is 9.59 Å². The molecule has 2 amide bonds. The number of imide groups is 1. The molecule has 0 radical (unpaired) electrons. The Morgan fingerprint density at radius 2 is 1.48 bits per heavy atom. The Hall–Kier alpha value is -3.14. The molecule has 4 heteroatoms. The minimum absolute atomic E-state index is 0.238. The van der Waals surface area contributed by atoms with Gasteiger partial charge in [0.05, 0.1) is 5.69 Å². The number of nitrogens with zero attached hydrogens (tertiary/aromatic N) is 2. The summed E-state index contributed by atoms with van der Waals surface area (Å²) >= 11 is 0. The summed E-state index contributed by atoms with van der Waals surface area (Å²) in [5.74, 6) is -0.477. The van der Waals surface area contributed by atoms with Crippen LogP contribution in [0.5, 0.6) is 0 Å². The molecule has 1 fully saturated rings. The Morgan fingerprint density at radius 3 is 2.24 bits per heavy atom. The van der Waals surface area contributed by atoms with Gasteiger partial charge < -0.3 is 4.90 Å². The van der Waals surface area contributed by atoms with Crippen LogP contribution in [0.4, 0.5) is 11.4 Å². The van der Waals surface area contributed by atoms with E-state index in [2.05, 4.69) is 11.0 Å². The van der Waals surface area contributed by atoms with Crippen molar-refractivity contribution in [3.05, 3.63) is 70.8 Å². The van der Waals surface area contributed by atoms with Crippen LogP contribution < -0.4 is 9.80 Å². The van der Waals surface area contributed by atoms with Crippen molar-refractivity contribution >= 4 is 34.0 Å². The normalized spacial score (nSPS) is 16.6. The van der Waals surface area contributed by atoms with Crippen molar-refractivity contribution in [2.75, 3.05) is 22.9 Å². The molecular weight excluding hydrogens is 360 g/mol. The molecule has 146 valence electrons. The molecule has 0 spiro atoms. The molecule has 0 unspecified atom stereocenters. The van der Waals surface area contributed by atoms with E-state index in [0.29, 0.717) is 16.8 Å². The molecule has 0 N–H and O–H groups in total. The molecular formula is C25H24N2O2. The number of hydrogen-bond donors (Lipinski definition) is 0. The number of hydrogen-bond acceptors (Lipinski definition) is 3. The second-order valence-corrected chi connectivity index (χ2v) is 8.14. The summed E-state index contributed by atoms with van der Waals surface area (Å²) in [5.41, 5.74) is 4.95. The predicted molar refractivity (Wildman–Crippen MR) is 117 cm³/mol. The first kappa shape index (κ1) is 17.9. The second kappa shape index (κ2) is 6.73. The van der Waals surface area contributed by atoms with Gasteiger partial charge in [-0.15, -0.1) is 0 Å². The van der Waals surface area contributed by atoms with Crippen molar-refractivity contribution in [3.63, 3.8) is 0 Å². The monoisotopic (exact) mass is 384 g/mol. The third kappa shape index (κ3) is 2.74. The molecule has 0 aromatic heterocycles. The zero-order valence-corrected chi connectivity index (χ0v) is 16.9. The van der Waals surface area contributed by atoms with E-state index in [4.69, 9.17) is 0 Å². The number of anilines is 2. The van der Waals surface area contributed by atoms with Crippen LogP contribution in [0, 0.1) is 13.8 Å². The fraction of sp³-hybridized carbons (Fsp3) is 0.280. The van der Waals surface area contributed by atoms with Crippen LogP contribution >= 0.6 is 0 Å².